The van der Waals surface area contributed by atoms with Crippen LogP contribution in [0.15, 0.2) is 53.6 Å². The molecule has 0 aromatic heterocycles. The van der Waals surface area contributed by atoms with Crippen LogP contribution in [0.4, 0.5) is 0 Å². The SMILES string of the molecule is CCCOc1ccc(/C=N/NC(=O)COc2ccccc2Cl)cc1. The molecule has 1 N–H and O–H groups in total. The summed E-state index contributed by atoms with van der Waals surface area (Å²) in [5, 5.41) is 4.35. The number of carbonyl (C=O) groups excluding carboxylic acids is 1. The molecule has 0 saturated carbocycles. The Kier molecular flexibility index (Phi) is 7.11. The van der Waals surface area contributed by atoms with Gasteiger partial charge in [0.2, 0.25) is 0 Å². The molecule has 126 valence electrons. The highest BCUT2D eigenvalue weighted by molar-refractivity contribution is 6.32. The zero-order chi connectivity index (χ0) is 17.2. The number of halogens is 1. The molecule has 0 saturated heterocycles. The van der Waals surface area contributed by atoms with Crippen molar-refractivity contribution in [1.29, 1.82) is 0 Å². The van der Waals surface area contributed by atoms with Crippen molar-refractivity contribution in [3.63, 3.8) is 0 Å². The number of nitrogens with zero attached hydrogens (tertiary/aromatic N) is 1. The summed E-state index contributed by atoms with van der Waals surface area (Å²) >= 11 is 5.94. The van der Waals surface area contributed by atoms with E-state index in [9.17, 15) is 4.79 Å². The highest BCUT2D eigenvalue weighted by atomic mass is 35.5. The fourth-order valence-electron chi connectivity index (χ4n) is 1.79. The molecule has 0 aliphatic rings. The molecule has 0 heterocycles. The molecule has 0 fully saturated rings. The molecular weight excluding hydrogens is 328 g/mol. The van der Waals surface area contributed by atoms with Gasteiger partial charge in [0.25, 0.3) is 5.91 Å². The Morgan fingerprint density at radius 1 is 1.17 bits per heavy atom. The molecule has 0 bridgehead atoms. The van der Waals surface area contributed by atoms with Gasteiger partial charge < -0.3 is 9.47 Å². The standard InChI is InChI=1S/C18H19ClN2O3/c1-2-11-23-15-9-7-14(8-10-15)12-20-21-18(22)13-24-17-6-4-3-5-16(17)19/h3-10,12H,2,11,13H2,1H3,(H,21,22)/b20-12+. The second-order valence-corrected chi connectivity index (χ2v) is 5.34. The van der Waals surface area contributed by atoms with Gasteiger partial charge in [-0.3, -0.25) is 4.79 Å². The van der Waals surface area contributed by atoms with E-state index in [-0.39, 0.29) is 12.5 Å². The van der Waals surface area contributed by atoms with E-state index in [1.807, 2.05) is 24.3 Å². The van der Waals surface area contributed by atoms with Gasteiger partial charge in [-0.25, -0.2) is 5.43 Å². The van der Waals surface area contributed by atoms with Crippen LogP contribution < -0.4 is 14.9 Å². The number of carbonyl (C=O) groups is 1. The van der Waals surface area contributed by atoms with Crippen molar-refractivity contribution in [3.8, 4) is 11.5 Å². The summed E-state index contributed by atoms with van der Waals surface area (Å²) in [6, 6.07) is 14.4. The maximum Gasteiger partial charge on any atom is 0.277 e. The molecule has 0 unspecified atom stereocenters. The number of rotatable bonds is 8. The van der Waals surface area contributed by atoms with E-state index in [0.29, 0.717) is 17.4 Å². The summed E-state index contributed by atoms with van der Waals surface area (Å²) in [5.41, 5.74) is 3.25. The number of benzene rings is 2. The minimum atomic E-state index is -0.367. The predicted octanol–water partition coefficient (Wildman–Crippen LogP) is 3.66. The lowest BCUT2D eigenvalue weighted by atomic mass is 10.2. The molecule has 2 aromatic carbocycles. The molecule has 0 aliphatic heterocycles. The number of hydrogen-bond donors (Lipinski definition) is 1. The summed E-state index contributed by atoms with van der Waals surface area (Å²) in [6.45, 7) is 2.58. The first kappa shape index (κ1) is 17.8. The van der Waals surface area contributed by atoms with E-state index < -0.39 is 0 Å². The van der Waals surface area contributed by atoms with Crippen molar-refractivity contribution in [2.24, 2.45) is 5.10 Å². The maximum atomic E-state index is 11.7. The van der Waals surface area contributed by atoms with Crippen LogP contribution >= 0.6 is 11.6 Å². The highest BCUT2D eigenvalue weighted by Crippen LogP contribution is 2.22. The van der Waals surface area contributed by atoms with Gasteiger partial charge in [0.15, 0.2) is 6.61 Å². The quantitative estimate of drug-likeness (QED) is 0.586. The summed E-state index contributed by atoms with van der Waals surface area (Å²) in [5.74, 6) is 0.904. The van der Waals surface area contributed by atoms with Crippen molar-refractivity contribution >= 4 is 23.7 Å². The second kappa shape index (κ2) is 9.57. The van der Waals surface area contributed by atoms with Crippen LogP contribution in [0.5, 0.6) is 11.5 Å². The van der Waals surface area contributed by atoms with Crippen LogP contribution in [0.25, 0.3) is 0 Å². The second-order valence-electron chi connectivity index (χ2n) is 4.93. The predicted molar refractivity (Wildman–Crippen MR) is 94.9 cm³/mol. The van der Waals surface area contributed by atoms with Crippen molar-refractivity contribution in [2.45, 2.75) is 13.3 Å². The van der Waals surface area contributed by atoms with E-state index in [1.165, 1.54) is 0 Å². The van der Waals surface area contributed by atoms with Crippen LogP contribution in [0.1, 0.15) is 18.9 Å². The monoisotopic (exact) mass is 346 g/mol. The molecule has 6 heteroatoms. The van der Waals surface area contributed by atoms with Crippen molar-refractivity contribution < 1.29 is 14.3 Å². The molecule has 24 heavy (non-hydrogen) atoms. The fraction of sp³-hybridized carbons (Fsp3) is 0.222. The van der Waals surface area contributed by atoms with Crippen molar-refractivity contribution in [2.75, 3.05) is 13.2 Å². The molecule has 5 nitrogen and oxygen atoms in total. The van der Waals surface area contributed by atoms with E-state index in [4.69, 9.17) is 21.1 Å². The topological polar surface area (TPSA) is 59.9 Å². The third kappa shape index (κ3) is 5.93. The number of hydrazone groups is 1. The Morgan fingerprint density at radius 2 is 1.92 bits per heavy atom. The van der Waals surface area contributed by atoms with Crippen LogP contribution in [-0.4, -0.2) is 25.3 Å². The van der Waals surface area contributed by atoms with Crippen LogP contribution in [0.3, 0.4) is 0 Å². The van der Waals surface area contributed by atoms with Gasteiger partial charge >= 0.3 is 0 Å². The summed E-state index contributed by atoms with van der Waals surface area (Å²) in [4.78, 5) is 11.7. The number of ether oxygens (including phenoxy) is 2. The van der Waals surface area contributed by atoms with Gasteiger partial charge in [-0.1, -0.05) is 30.7 Å². The number of hydrogen-bond acceptors (Lipinski definition) is 4. The molecule has 2 rings (SSSR count). The van der Waals surface area contributed by atoms with E-state index in [1.54, 1.807) is 30.5 Å². The molecule has 0 atom stereocenters. The fourth-order valence-corrected chi connectivity index (χ4v) is 1.98. The lowest BCUT2D eigenvalue weighted by Crippen LogP contribution is -2.24. The van der Waals surface area contributed by atoms with Gasteiger partial charge in [-0.15, -0.1) is 0 Å². The Labute approximate surface area is 146 Å². The zero-order valence-electron chi connectivity index (χ0n) is 13.4. The first-order valence-corrected chi connectivity index (χ1v) is 7.99. The molecule has 2 aromatic rings. The van der Waals surface area contributed by atoms with Crippen molar-refractivity contribution in [1.82, 2.24) is 5.43 Å². The number of nitrogens with one attached hydrogen (secondary N) is 1. The van der Waals surface area contributed by atoms with Gasteiger partial charge in [0.05, 0.1) is 17.8 Å². The largest absolute Gasteiger partial charge is 0.494 e. The van der Waals surface area contributed by atoms with Crippen LogP contribution in [0, 0.1) is 0 Å². The summed E-state index contributed by atoms with van der Waals surface area (Å²) in [7, 11) is 0. The summed E-state index contributed by atoms with van der Waals surface area (Å²) in [6.07, 6.45) is 2.52. The first-order valence-electron chi connectivity index (χ1n) is 7.61. The summed E-state index contributed by atoms with van der Waals surface area (Å²) < 4.78 is 10.8. The number of para-hydroxylation sites is 1. The number of amides is 1. The average Bonchev–Trinajstić information content (AvgIpc) is 2.60. The van der Waals surface area contributed by atoms with Gasteiger partial charge in [-0.2, -0.15) is 5.10 Å². The van der Waals surface area contributed by atoms with Crippen LogP contribution in [0.2, 0.25) is 5.02 Å². The Morgan fingerprint density at radius 3 is 2.62 bits per heavy atom. The van der Waals surface area contributed by atoms with E-state index >= 15 is 0 Å². The van der Waals surface area contributed by atoms with Gasteiger partial charge in [-0.05, 0) is 48.4 Å². The van der Waals surface area contributed by atoms with Gasteiger partial charge in [0, 0.05) is 0 Å². The minimum Gasteiger partial charge on any atom is -0.494 e. The smallest absolute Gasteiger partial charge is 0.277 e. The molecule has 0 spiro atoms. The third-order valence-corrected chi connectivity index (χ3v) is 3.26. The van der Waals surface area contributed by atoms with Crippen LogP contribution in [-0.2, 0) is 4.79 Å². The molecule has 1 amide bonds. The third-order valence-electron chi connectivity index (χ3n) is 2.95. The Balaban J connectivity index is 1.76. The van der Waals surface area contributed by atoms with Crippen molar-refractivity contribution in [3.05, 3.63) is 59.1 Å². The zero-order valence-corrected chi connectivity index (χ0v) is 14.1. The molecule has 0 aliphatic carbocycles. The van der Waals surface area contributed by atoms with E-state index in [0.717, 1.165) is 17.7 Å². The Bertz CT molecular complexity index is 687. The normalized spacial score (nSPS) is 10.6. The Hall–Kier alpha value is -2.53. The molecular formula is C18H19ClN2O3. The average molecular weight is 347 g/mol. The molecule has 0 radical (unpaired) electrons. The lowest BCUT2D eigenvalue weighted by Gasteiger charge is -2.06. The lowest BCUT2D eigenvalue weighted by molar-refractivity contribution is -0.123. The first-order chi connectivity index (χ1) is 11.7. The highest BCUT2D eigenvalue weighted by Gasteiger charge is 2.04. The van der Waals surface area contributed by atoms with E-state index in [2.05, 4.69) is 17.5 Å². The van der Waals surface area contributed by atoms with Gasteiger partial charge in [0.1, 0.15) is 11.5 Å². The maximum absolute atomic E-state index is 11.7. The minimum absolute atomic E-state index is 0.162.